The summed E-state index contributed by atoms with van der Waals surface area (Å²) in [5, 5.41) is 15.1. The molecule has 3 rings (SSSR count). The van der Waals surface area contributed by atoms with Crippen molar-refractivity contribution in [3.05, 3.63) is 0 Å². The van der Waals surface area contributed by atoms with Crippen molar-refractivity contribution in [1.82, 2.24) is 15.5 Å². The Hall–Kier alpha value is -1.67. The number of carbonyl (C=O) groups excluding carboxylic acids is 3. The van der Waals surface area contributed by atoms with Crippen LogP contribution < -0.4 is 10.6 Å². The highest BCUT2D eigenvalue weighted by atomic mass is 16.5. The number of likely N-dealkylation sites (tertiary alicyclic amines) is 1. The molecule has 8 nitrogen and oxygen atoms in total. The van der Waals surface area contributed by atoms with Gasteiger partial charge < -0.3 is 25.4 Å². The number of hydrogen-bond acceptors (Lipinski definition) is 5. The van der Waals surface area contributed by atoms with Crippen LogP contribution in [0.5, 0.6) is 0 Å². The van der Waals surface area contributed by atoms with Crippen molar-refractivity contribution in [3.8, 4) is 0 Å². The molecule has 0 aliphatic carbocycles. The number of ether oxygens (including phenoxy) is 1. The van der Waals surface area contributed by atoms with Gasteiger partial charge in [-0.25, -0.2) is 0 Å². The molecule has 3 saturated heterocycles. The van der Waals surface area contributed by atoms with Gasteiger partial charge in [0.05, 0.1) is 17.4 Å². The predicted molar refractivity (Wildman–Crippen MR) is 134 cm³/mol. The van der Waals surface area contributed by atoms with Crippen molar-refractivity contribution in [3.63, 3.8) is 0 Å². The van der Waals surface area contributed by atoms with Gasteiger partial charge in [0.1, 0.15) is 11.6 Å². The molecule has 2 bridgehead atoms. The minimum atomic E-state index is -0.975. The van der Waals surface area contributed by atoms with E-state index in [2.05, 4.69) is 31.4 Å². The van der Waals surface area contributed by atoms with Gasteiger partial charge in [-0.2, -0.15) is 0 Å². The van der Waals surface area contributed by atoms with Gasteiger partial charge in [0.2, 0.25) is 17.7 Å². The van der Waals surface area contributed by atoms with E-state index in [0.717, 1.165) is 32.1 Å². The van der Waals surface area contributed by atoms with Crippen LogP contribution in [0.25, 0.3) is 0 Å². The molecule has 200 valence electrons. The van der Waals surface area contributed by atoms with E-state index in [-0.39, 0.29) is 29.7 Å². The molecule has 3 aliphatic heterocycles. The third-order valence-corrected chi connectivity index (χ3v) is 8.20. The first kappa shape index (κ1) is 27.9. The zero-order chi connectivity index (χ0) is 26.2. The lowest BCUT2D eigenvalue weighted by Crippen LogP contribution is -2.59. The summed E-state index contributed by atoms with van der Waals surface area (Å²) in [5.41, 5.74) is -2.11. The third kappa shape index (κ3) is 5.10. The van der Waals surface area contributed by atoms with Crippen LogP contribution in [0.1, 0.15) is 92.9 Å². The van der Waals surface area contributed by atoms with Gasteiger partial charge in [-0.1, -0.05) is 40.5 Å². The number of hydrogen-bond donors (Lipinski definition) is 3. The highest BCUT2D eigenvalue weighted by Gasteiger charge is 2.78. The number of amides is 3. The average Bonchev–Trinajstić information content (AvgIpc) is 3.34. The molecule has 1 spiro atoms. The molecule has 2 unspecified atom stereocenters. The number of unbranched alkanes of at least 4 members (excludes halogenated alkanes) is 3. The van der Waals surface area contributed by atoms with Crippen LogP contribution in [-0.4, -0.2) is 70.7 Å². The number of aliphatic hydroxyl groups is 1. The zero-order valence-electron chi connectivity index (χ0n) is 22.8. The van der Waals surface area contributed by atoms with Crippen LogP contribution in [0.15, 0.2) is 0 Å². The highest BCUT2D eigenvalue weighted by Crippen LogP contribution is 2.64. The summed E-state index contributed by atoms with van der Waals surface area (Å²) in [7, 11) is 1.60. The summed E-state index contributed by atoms with van der Waals surface area (Å²) in [4.78, 5) is 42.7. The molecular weight excluding hydrogens is 446 g/mol. The summed E-state index contributed by atoms with van der Waals surface area (Å²) in [5.74, 6) is -1.73. The van der Waals surface area contributed by atoms with E-state index in [1.54, 1.807) is 11.9 Å². The third-order valence-electron chi connectivity index (χ3n) is 8.20. The number of nitrogens with zero attached hydrogens (tertiary/aromatic N) is 1. The second kappa shape index (κ2) is 10.0. The van der Waals surface area contributed by atoms with Crippen molar-refractivity contribution in [2.24, 2.45) is 17.3 Å². The van der Waals surface area contributed by atoms with E-state index in [4.69, 9.17) is 9.84 Å². The van der Waals surface area contributed by atoms with Gasteiger partial charge in [-0.15, -0.1) is 0 Å². The SMILES string of the molecule is CC[C@@]12CCC3(O1)C(C(=O)NC(C)(C)CC(C)(C)C)N(CCCCCCO)C(=O)[C@@H]3[C@@H]2C(=O)NC. The van der Waals surface area contributed by atoms with Gasteiger partial charge in [0, 0.05) is 25.7 Å². The molecule has 0 aromatic carbocycles. The average molecular weight is 494 g/mol. The lowest BCUT2D eigenvalue weighted by atomic mass is 9.65. The molecule has 3 aliphatic rings. The van der Waals surface area contributed by atoms with Crippen LogP contribution in [0.3, 0.4) is 0 Å². The normalized spacial score (nSPS) is 32.2. The Balaban J connectivity index is 1.95. The maximum Gasteiger partial charge on any atom is 0.246 e. The first-order valence-corrected chi connectivity index (χ1v) is 13.4. The van der Waals surface area contributed by atoms with Crippen molar-refractivity contribution in [2.45, 2.75) is 116 Å². The van der Waals surface area contributed by atoms with Crippen LogP contribution in [-0.2, 0) is 19.1 Å². The fraction of sp³-hybridized carbons (Fsp3) is 0.889. The summed E-state index contributed by atoms with van der Waals surface area (Å²) in [6.07, 6.45) is 5.89. The minimum absolute atomic E-state index is 0.0222. The Morgan fingerprint density at radius 2 is 1.74 bits per heavy atom. The topological polar surface area (TPSA) is 108 Å². The second-order valence-corrected chi connectivity index (χ2v) is 12.7. The molecular formula is C27H47N3O5. The first-order chi connectivity index (χ1) is 16.3. The van der Waals surface area contributed by atoms with E-state index >= 15 is 0 Å². The van der Waals surface area contributed by atoms with Crippen LogP contribution >= 0.6 is 0 Å². The molecule has 5 atom stereocenters. The van der Waals surface area contributed by atoms with Crippen LogP contribution in [0.4, 0.5) is 0 Å². The predicted octanol–water partition coefficient (Wildman–Crippen LogP) is 2.77. The number of rotatable bonds is 11. The van der Waals surface area contributed by atoms with Gasteiger partial charge in [0.25, 0.3) is 0 Å². The monoisotopic (exact) mass is 493 g/mol. The van der Waals surface area contributed by atoms with E-state index in [9.17, 15) is 14.4 Å². The van der Waals surface area contributed by atoms with Crippen molar-refractivity contribution in [1.29, 1.82) is 0 Å². The van der Waals surface area contributed by atoms with Gasteiger partial charge >= 0.3 is 0 Å². The second-order valence-electron chi connectivity index (χ2n) is 12.7. The zero-order valence-corrected chi connectivity index (χ0v) is 22.8. The van der Waals surface area contributed by atoms with Crippen LogP contribution in [0.2, 0.25) is 0 Å². The molecule has 35 heavy (non-hydrogen) atoms. The van der Waals surface area contributed by atoms with E-state index in [0.29, 0.717) is 25.8 Å². The summed E-state index contributed by atoms with van der Waals surface area (Å²) >= 11 is 0. The Morgan fingerprint density at radius 1 is 1.09 bits per heavy atom. The largest absolute Gasteiger partial charge is 0.396 e. The van der Waals surface area contributed by atoms with Gasteiger partial charge in [0.15, 0.2) is 0 Å². The van der Waals surface area contributed by atoms with E-state index in [1.807, 2.05) is 20.8 Å². The van der Waals surface area contributed by atoms with Crippen LogP contribution in [0, 0.1) is 17.3 Å². The number of aliphatic hydroxyl groups excluding tert-OH is 1. The Labute approximate surface area is 210 Å². The molecule has 0 aromatic heterocycles. The first-order valence-electron chi connectivity index (χ1n) is 13.4. The highest BCUT2D eigenvalue weighted by molar-refractivity contribution is 5.99. The molecule has 0 saturated carbocycles. The minimum Gasteiger partial charge on any atom is -0.396 e. The molecule has 8 heteroatoms. The standard InChI is InChI=1S/C27H47N3O5/c1-8-26-13-14-27(35-26)19(18(26)21(32)28-7)23(34)30(15-11-9-10-12-16-31)20(27)22(33)29-25(5,6)17-24(2,3)4/h18-20,31H,8-17H2,1-7H3,(H,28,32)(H,29,33)/t18-,19+,20?,26+,27?/m1/s1. The lowest BCUT2D eigenvalue weighted by Gasteiger charge is -2.38. The van der Waals surface area contributed by atoms with Gasteiger partial charge in [-0.3, -0.25) is 14.4 Å². The number of carbonyl (C=O) groups is 3. The molecule has 0 aromatic rings. The molecule has 3 amide bonds. The maximum absolute atomic E-state index is 14.0. The number of nitrogens with one attached hydrogen (secondary N) is 2. The van der Waals surface area contributed by atoms with Crippen molar-refractivity contribution < 1.29 is 24.2 Å². The Kier molecular flexibility index (Phi) is 7.98. The molecule has 3 heterocycles. The quantitative estimate of drug-likeness (QED) is 0.384. The lowest BCUT2D eigenvalue weighted by molar-refractivity contribution is -0.148. The molecule has 3 N–H and O–H groups in total. The summed E-state index contributed by atoms with van der Waals surface area (Å²) in [6.45, 7) is 13.1. The summed E-state index contributed by atoms with van der Waals surface area (Å²) in [6, 6.07) is -0.750. The molecule has 0 radical (unpaired) electrons. The fourth-order valence-electron chi connectivity index (χ4n) is 7.33. The Bertz CT molecular complexity index is 822. The Morgan fingerprint density at radius 3 is 2.31 bits per heavy atom. The van der Waals surface area contributed by atoms with E-state index in [1.165, 1.54) is 0 Å². The van der Waals surface area contributed by atoms with Crippen molar-refractivity contribution >= 4 is 17.7 Å². The maximum atomic E-state index is 14.0. The van der Waals surface area contributed by atoms with Gasteiger partial charge in [-0.05, 0) is 57.8 Å². The fourth-order valence-corrected chi connectivity index (χ4v) is 7.33. The molecule has 3 fully saturated rings. The smallest absolute Gasteiger partial charge is 0.246 e. The number of fused-ring (bicyclic) bond motifs is 1. The summed E-state index contributed by atoms with van der Waals surface area (Å²) < 4.78 is 6.73. The van der Waals surface area contributed by atoms with Crippen molar-refractivity contribution in [2.75, 3.05) is 20.2 Å². The van der Waals surface area contributed by atoms with E-state index < -0.39 is 34.6 Å².